The number of morpholine rings is 1. The predicted molar refractivity (Wildman–Crippen MR) is 85.3 cm³/mol. The maximum absolute atomic E-state index is 14.3. The Bertz CT molecular complexity index is 548. The molecule has 2 N–H and O–H groups in total. The third-order valence-corrected chi connectivity index (χ3v) is 4.61. The molecule has 2 fully saturated rings. The molecule has 1 aromatic rings. The highest BCUT2D eigenvalue weighted by atomic mass is 19.1. The van der Waals surface area contributed by atoms with Gasteiger partial charge in [-0.25, -0.2) is 4.39 Å². The summed E-state index contributed by atoms with van der Waals surface area (Å²) in [6, 6.07) is 5.97. The quantitative estimate of drug-likeness (QED) is 0.907. The summed E-state index contributed by atoms with van der Waals surface area (Å²) >= 11 is 0. The number of ether oxygens (including phenoxy) is 1. The van der Waals surface area contributed by atoms with Crippen LogP contribution in [-0.4, -0.2) is 61.1 Å². The van der Waals surface area contributed by atoms with E-state index in [1.807, 2.05) is 4.90 Å². The monoisotopic (exact) mass is 321 g/mol. The van der Waals surface area contributed by atoms with Crippen LogP contribution in [0.1, 0.15) is 24.4 Å². The molecule has 1 amide bonds. The van der Waals surface area contributed by atoms with Crippen molar-refractivity contribution in [1.82, 2.24) is 9.80 Å². The summed E-state index contributed by atoms with van der Waals surface area (Å²) < 4.78 is 19.7. The summed E-state index contributed by atoms with van der Waals surface area (Å²) in [4.78, 5) is 16.9. The average Bonchev–Trinajstić information content (AvgIpc) is 2.58. The van der Waals surface area contributed by atoms with Crippen LogP contribution in [0, 0.1) is 5.82 Å². The molecule has 2 aliphatic heterocycles. The summed E-state index contributed by atoms with van der Waals surface area (Å²) in [5.41, 5.74) is 6.45. The van der Waals surface area contributed by atoms with E-state index in [4.69, 9.17) is 10.5 Å². The number of nitrogens with zero attached hydrogens (tertiary/aromatic N) is 2. The van der Waals surface area contributed by atoms with E-state index in [0.717, 1.165) is 12.8 Å². The van der Waals surface area contributed by atoms with Gasteiger partial charge in [0.15, 0.2) is 0 Å². The van der Waals surface area contributed by atoms with Gasteiger partial charge in [0, 0.05) is 37.8 Å². The Labute approximate surface area is 136 Å². The van der Waals surface area contributed by atoms with Crippen molar-refractivity contribution in [3.8, 4) is 0 Å². The molecule has 0 aromatic heterocycles. The lowest BCUT2D eigenvalue weighted by Gasteiger charge is -2.39. The van der Waals surface area contributed by atoms with E-state index in [0.29, 0.717) is 45.0 Å². The van der Waals surface area contributed by atoms with Crippen molar-refractivity contribution in [2.24, 2.45) is 5.73 Å². The van der Waals surface area contributed by atoms with Crippen LogP contribution in [0.2, 0.25) is 0 Å². The molecule has 0 unspecified atom stereocenters. The van der Waals surface area contributed by atoms with E-state index in [2.05, 4.69) is 0 Å². The fourth-order valence-electron chi connectivity index (χ4n) is 3.40. The molecule has 2 heterocycles. The Morgan fingerprint density at radius 3 is 2.70 bits per heavy atom. The molecular formula is C17H24FN3O2. The smallest absolute Gasteiger partial charge is 0.244 e. The number of carbonyl (C=O) groups excluding carboxylic acids is 1. The molecule has 2 atom stereocenters. The highest BCUT2D eigenvalue weighted by Crippen LogP contribution is 2.27. The van der Waals surface area contributed by atoms with E-state index < -0.39 is 6.04 Å². The Morgan fingerprint density at radius 1 is 1.26 bits per heavy atom. The van der Waals surface area contributed by atoms with Crippen LogP contribution in [0.3, 0.4) is 0 Å². The normalized spacial score (nSPS) is 24.4. The fourth-order valence-corrected chi connectivity index (χ4v) is 3.40. The van der Waals surface area contributed by atoms with E-state index in [1.54, 1.807) is 23.1 Å². The minimum atomic E-state index is -0.592. The second-order valence-corrected chi connectivity index (χ2v) is 6.26. The predicted octanol–water partition coefficient (Wildman–Crippen LogP) is 1.15. The minimum absolute atomic E-state index is 0.0126. The second-order valence-electron chi connectivity index (χ2n) is 6.26. The van der Waals surface area contributed by atoms with Gasteiger partial charge in [0.05, 0.1) is 13.2 Å². The lowest BCUT2D eigenvalue weighted by atomic mass is 10.00. The van der Waals surface area contributed by atoms with Gasteiger partial charge in [0.2, 0.25) is 5.91 Å². The molecule has 0 aliphatic carbocycles. The number of likely N-dealkylation sites (tertiary alicyclic amines) is 1. The third kappa shape index (κ3) is 3.71. The van der Waals surface area contributed by atoms with E-state index in [9.17, 15) is 9.18 Å². The zero-order chi connectivity index (χ0) is 16.2. The van der Waals surface area contributed by atoms with Crippen molar-refractivity contribution in [1.29, 1.82) is 0 Å². The molecule has 0 spiro atoms. The van der Waals surface area contributed by atoms with Gasteiger partial charge < -0.3 is 15.4 Å². The van der Waals surface area contributed by atoms with Crippen molar-refractivity contribution < 1.29 is 13.9 Å². The van der Waals surface area contributed by atoms with E-state index >= 15 is 0 Å². The molecule has 23 heavy (non-hydrogen) atoms. The van der Waals surface area contributed by atoms with E-state index in [-0.39, 0.29) is 17.8 Å². The fraction of sp³-hybridized carbons (Fsp3) is 0.588. The molecule has 0 radical (unpaired) electrons. The van der Waals surface area contributed by atoms with Crippen molar-refractivity contribution in [2.75, 3.05) is 39.4 Å². The second kappa shape index (κ2) is 7.38. The molecule has 1 aromatic carbocycles. The number of rotatable bonds is 3. The molecule has 2 aliphatic rings. The van der Waals surface area contributed by atoms with Crippen molar-refractivity contribution >= 4 is 5.91 Å². The van der Waals surface area contributed by atoms with Gasteiger partial charge >= 0.3 is 0 Å². The highest BCUT2D eigenvalue weighted by molar-refractivity contribution is 5.83. The topological polar surface area (TPSA) is 58.8 Å². The number of amides is 1. The Hall–Kier alpha value is -1.50. The van der Waals surface area contributed by atoms with Gasteiger partial charge in [-0.15, -0.1) is 0 Å². The van der Waals surface area contributed by atoms with Gasteiger partial charge in [-0.1, -0.05) is 18.2 Å². The summed E-state index contributed by atoms with van der Waals surface area (Å²) in [5.74, 6) is -0.384. The number of piperidine rings is 1. The summed E-state index contributed by atoms with van der Waals surface area (Å²) in [6.45, 7) is 3.64. The molecule has 2 saturated heterocycles. The SMILES string of the molecule is N[C@@H]1CCCN(C(=O)[C@@H](c2ccccc2F)N2CCOCC2)C1. The lowest BCUT2D eigenvalue weighted by Crippen LogP contribution is -2.52. The van der Waals surface area contributed by atoms with Crippen LogP contribution in [0.15, 0.2) is 24.3 Å². The van der Waals surface area contributed by atoms with Crippen LogP contribution in [0.5, 0.6) is 0 Å². The molecule has 5 nitrogen and oxygen atoms in total. The summed E-state index contributed by atoms with van der Waals surface area (Å²) in [7, 11) is 0. The number of halogens is 1. The van der Waals surface area contributed by atoms with Crippen molar-refractivity contribution in [3.05, 3.63) is 35.6 Å². The molecule has 6 heteroatoms. The lowest BCUT2D eigenvalue weighted by molar-refractivity contribution is -0.140. The molecule has 0 bridgehead atoms. The summed E-state index contributed by atoms with van der Waals surface area (Å²) in [6.07, 6.45) is 1.84. The maximum Gasteiger partial charge on any atom is 0.244 e. The third-order valence-electron chi connectivity index (χ3n) is 4.61. The molecular weight excluding hydrogens is 297 g/mol. The highest BCUT2D eigenvalue weighted by Gasteiger charge is 2.35. The number of benzene rings is 1. The van der Waals surface area contributed by atoms with Crippen LogP contribution in [0.4, 0.5) is 4.39 Å². The first-order valence-electron chi connectivity index (χ1n) is 8.27. The van der Waals surface area contributed by atoms with Gasteiger partial charge in [-0.3, -0.25) is 9.69 Å². The Morgan fingerprint density at radius 2 is 2.00 bits per heavy atom. The van der Waals surface area contributed by atoms with Crippen molar-refractivity contribution in [3.63, 3.8) is 0 Å². The van der Waals surface area contributed by atoms with E-state index in [1.165, 1.54) is 6.07 Å². The van der Waals surface area contributed by atoms with Gasteiger partial charge in [-0.05, 0) is 18.9 Å². The van der Waals surface area contributed by atoms with Gasteiger partial charge in [-0.2, -0.15) is 0 Å². The number of carbonyl (C=O) groups is 1. The standard InChI is InChI=1S/C17H24FN3O2/c18-15-6-2-1-5-14(15)16(20-8-10-23-11-9-20)17(22)21-7-3-4-13(19)12-21/h1-2,5-6,13,16H,3-4,7-12,19H2/t13-,16-/m1/s1. The summed E-state index contributed by atoms with van der Waals surface area (Å²) in [5, 5.41) is 0. The minimum Gasteiger partial charge on any atom is -0.379 e. The number of nitrogens with two attached hydrogens (primary N) is 1. The maximum atomic E-state index is 14.3. The average molecular weight is 321 g/mol. The van der Waals surface area contributed by atoms with Crippen LogP contribution < -0.4 is 5.73 Å². The zero-order valence-electron chi connectivity index (χ0n) is 13.3. The Kier molecular flexibility index (Phi) is 5.25. The van der Waals surface area contributed by atoms with Gasteiger partial charge in [0.1, 0.15) is 11.9 Å². The zero-order valence-corrected chi connectivity index (χ0v) is 13.3. The molecule has 0 saturated carbocycles. The molecule has 126 valence electrons. The van der Waals surface area contributed by atoms with Crippen LogP contribution in [-0.2, 0) is 9.53 Å². The number of hydrogen-bond donors (Lipinski definition) is 1. The Balaban J connectivity index is 1.88. The first-order valence-corrected chi connectivity index (χ1v) is 8.27. The van der Waals surface area contributed by atoms with Crippen molar-refractivity contribution in [2.45, 2.75) is 24.9 Å². The largest absolute Gasteiger partial charge is 0.379 e. The first-order chi connectivity index (χ1) is 11.2. The van der Waals surface area contributed by atoms with Crippen LogP contribution in [0.25, 0.3) is 0 Å². The number of hydrogen-bond acceptors (Lipinski definition) is 4. The van der Waals surface area contributed by atoms with Gasteiger partial charge in [0.25, 0.3) is 0 Å². The molecule has 3 rings (SSSR count). The van der Waals surface area contributed by atoms with Crippen LogP contribution >= 0.6 is 0 Å². The first kappa shape index (κ1) is 16.4.